The van der Waals surface area contributed by atoms with Crippen LogP contribution in [0.25, 0.3) is 0 Å². The molecule has 0 radical (unpaired) electrons. The maximum Gasteiger partial charge on any atom is 0.0447 e. The molecule has 0 aliphatic carbocycles. The first-order chi connectivity index (χ1) is 21.1. The molecule has 0 saturated carbocycles. The zero-order valence-electron chi connectivity index (χ0n) is 30.2. The lowest BCUT2D eigenvalue weighted by Gasteiger charge is -2.27. The van der Waals surface area contributed by atoms with Gasteiger partial charge in [0.2, 0.25) is 0 Å². The van der Waals surface area contributed by atoms with Crippen LogP contribution in [0, 0.1) is 96.9 Å². The fourth-order valence-corrected chi connectivity index (χ4v) is 10.1. The van der Waals surface area contributed by atoms with Gasteiger partial charge in [-0.15, -0.1) is 11.3 Å². The average Bonchev–Trinajstić information content (AvgIpc) is 3.18. The van der Waals surface area contributed by atoms with Crippen molar-refractivity contribution in [2.45, 2.75) is 109 Å². The number of thiophene rings is 1. The molecule has 1 aromatic heterocycles. The highest BCUT2D eigenvalue weighted by atomic mass is 32.1. The number of rotatable bonds is 6. The third-order valence-corrected chi connectivity index (χ3v) is 11.7. The second kappa shape index (κ2) is 12.4. The predicted octanol–water partition coefficient (Wildman–Crippen LogP) is 12.4. The van der Waals surface area contributed by atoms with Crippen molar-refractivity contribution in [2.24, 2.45) is 0 Å². The van der Waals surface area contributed by atoms with Crippen LogP contribution in [0.3, 0.4) is 0 Å². The van der Waals surface area contributed by atoms with Crippen molar-refractivity contribution in [1.82, 2.24) is 0 Å². The molecule has 0 fully saturated rings. The molecule has 5 rings (SSSR count). The first kappa shape index (κ1) is 33.0. The summed E-state index contributed by atoms with van der Waals surface area (Å²) in [7, 11) is 0. The Morgan fingerprint density at radius 2 is 0.489 bits per heavy atom. The largest absolute Gasteiger partial charge is 0.143 e. The van der Waals surface area contributed by atoms with Gasteiger partial charge in [-0.2, -0.15) is 0 Å². The lowest BCUT2D eigenvalue weighted by Crippen LogP contribution is -2.11. The third kappa shape index (κ3) is 5.97. The highest BCUT2D eigenvalue weighted by Gasteiger charge is 2.33. The van der Waals surface area contributed by atoms with Crippen LogP contribution in [0.2, 0.25) is 0 Å². The molecule has 4 aromatic carbocycles. The van der Waals surface area contributed by atoms with E-state index in [2.05, 4.69) is 157 Å². The minimum atomic E-state index is 0.185. The topological polar surface area (TPSA) is 0 Å². The van der Waals surface area contributed by atoms with Crippen LogP contribution >= 0.6 is 11.3 Å². The van der Waals surface area contributed by atoms with E-state index in [0.29, 0.717) is 0 Å². The zero-order valence-corrected chi connectivity index (χ0v) is 31.0. The zero-order chi connectivity index (χ0) is 33.1. The fraction of sp³-hybridized carbons (Fsp3) is 0.364. The summed E-state index contributed by atoms with van der Waals surface area (Å²) in [6.45, 7) is 32.2. The Kier molecular flexibility index (Phi) is 9.09. The van der Waals surface area contributed by atoms with Crippen LogP contribution in [-0.4, -0.2) is 0 Å². The summed E-state index contributed by atoms with van der Waals surface area (Å²) >= 11 is 2.07. The van der Waals surface area contributed by atoms with Gasteiger partial charge in [-0.3, -0.25) is 0 Å². The predicted molar refractivity (Wildman–Crippen MR) is 198 cm³/mol. The Balaban J connectivity index is 1.89. The van der Waals surface area contributed by atoms with Gasteiger partial charge in [-0.1, -0.05) is 70.8 Å². The van der Waals surface area contributed by atoms with E-state index in [4.69, 9.17) is 0 Å². The summed E-state index contributed by atoms with van der Waals surface area (Å²) in [5.41, 5.74) is 25.2. The van der Waals surface area contributed by atoms with Crippen molar-refractivity contribution in [1.29, 1.82) is 0 Å². The number of aryl methyl sites for hydroxylation is 12. The minimum absolute atomic E-state index is 0.185. The van der Waals surface area contributed by atoms with Gasteiger partial charge in [0.15, 0.2) is 0 Å². The van der Waals surface area contributed by atoms with E-state index in [0.717, 1.165) is 0 Å². The molecule has 0 N–H and O–H groups in total. The van der Waals surface area contributed by atoms with Crippen LogP contribution in [0.1, 0.15) is 122 Å². The van der Waals surface area contributed by atoms with Gasteiger partial charge in [-0.25, -0.2) is 0 Å². The van der Waals surface area contributed by atoms with Crippen molar-refractivity contribution in [2.75, 3.05) is 0 Å². The molecule has 0 atom stereocenters. The third-order valence-electron chi connectivity index (χ3n) is 10.2. The van der Waals surface area contributed by atoms with Gasteiger partial charge in [-0.05, 0) is 175 Å². The molecule has 0 aliphatic heterocycles. The summed E-state index contributed by atoms with van der Waals surface area (Å²) in [5, 5.41) is 0. The van der Waals surface area contributed by atoms with Crippen LogP contribution < -0.4 is 0 Å². The normalized spacial score (nSPS) is 11.7. The van der Waals surface area contributed by atoms with Gasteiger partial charge in [0, 0.05) is 21.6 Å². The molecule has 0 bridgehead atoms. The molecule has 45 heavy (non-hydrogen) atoms. The molecule has 5 aromatic rings. The van der Waals surface area contributed by atoms with E-state index in [9.17, 15) is 0 Å². The summed E-state index contributed by atoms with van der Waals surface area (Å²) in [6.07, 6.45) is 0. The van der Waals surface area contributed by atoms with Gasteiger partial charge >= 0.3 is 0 Å². The Morgan fingerprint density at radius 1 is 0.311 bits per heavy atom. The van der Waals surface area contributed by atoms with Crippen molar-refractivity contribution < 1.29 is 0 Å². The monoisotopic (exact) mass is 612 g/mol. The van der Waals surface area contributed by atoms with Crippen LogP contribution in [0.4, 0.5) is 0 Å². The minimum Gasteiger partial charge on any atom is -0.143 e. The van der Waals surface area contributed by atoms with E-state index in [1.54, 1.807) is 0 Å². The molecule has 234 valence electrons. The van der Waals surface area contributed by atoms with Crippen molar-refractivity contribution in [3.63, 3.8) is 0 Å². The van der Waals surface area contributed by atoms with E-state index in [1.165, 1.54) is 110 Å². The van der Waals surface area contributed by atoms with Crippen LogP contribution in [0.5, 0.6) is 0 Å². The summed E-state index contributed by atoms with van der Waals surface area (Å²) in [5.74, 6) is 0.370. The Morgan fingerprint density at radius 3 is 0.667 bits per heavy atom. The quantitative estimate of drug-likeness (QED) is 0.179. The van der Waals surface area contributed by atoms with Crippen LogP contribution in [-0.2, 0) is 0 Å². The van der Waals surface area contributed by atoms with Crippen molar-refractivity contribution >= 4 is 11.3 Å². The van der Waals surface area contributed by atoms with Gasteiger partial charge in [0.05, 0.1) is 0 Å². The molecule has 0 amide bonds. The van der Waals surface area contributed by atoms with E-state index in [-0.39, 0.29) is 11.8 Å². The Bertz CT molecular complexity index is 1600. The highest BCUT2D eigenvalue weighted by Crippen LogP contribution is 2.50. The molecule has 0 saturated heterocycles. The van der Waals surface area contributed by atoms with E-state index in [1.807, 2.05) is 0 Å². The van der Waals surface area contributed by atoms with Crippen molar-refractivity contribution in [3.8, 4) is 0 Å². The lowest BCUT2D eigenvalue weighted by atomic mass is 9.77. The first-order valence-corrected chi connectivity index (χ1v) is 17.3. The standard InChI is InChI=1S/C44H52S/c1-23-15-27(5)37(28(6)16-23)41(38-29(7)17-24(2)18-30(38)8)43-35(13)36(14)44(45-43)42(39-31(9)19-25(3)20-32(39)10)40-33(11)21-26(4)22-34(40)12/h15-22,41-42H,1-14H3. The average molecular weight is 613 g/mol. The van der Waals surface area contributed by atoms with Gasteiger partial charge < -0.3 is 0 Å². The smallest absolute Gasteiger partial charge is 0.0447 e. The fourth-order valence-electron chi connectivity index (χ4n) is 8.59. The molecule has 0 nitrogen and oxygen atoms in total. The Labute approximate surface area is 277 Å². The highest BCUT2D eigenvalue weighted by molar-refractivity contribution is 7.12. The van der Waals surface area contributed by atoms with E-state index >= 15 is 0 Å². The molecule has 0 aliphatic rings. The number of hydrogen-bond donors (Lipinski definition) is 0. The first-order valence-electron chi connectivity index (χ1n) is 16.5. The maximum absolute atomic E-state index is 2.39. The molecular formula is C44H52S. The number of benzene rings is 4. The second-order valence-corrected chi connectivity index (χ2v) is 15.3. The lowest BCUT2D eigenvalue weighted by molar-refractivity contribution is 0.924. The number of hydrogen-bond acceptors (Lipinski definition) is 1. The molecule has 0 spiro atoms. The summed E-state index contributed by atoms with van der Waals surface area (Å²) in [4.78, 5) is 2.98. The summed E-state index contributed by atoms with van der Waals surface area (Å²) < 4.78 is 0. The van der Waals surface area contributed by atoms with Gasteiger partial charge in [0.25, 0.3) is 0 Å². The van der Waals surface area contributed by atoms with Gasteiger partial charge in [0.1, 0.15) is 0 Å². The maximum atomic E-state index is 2.39. The Hall–Kier alpha value is -3.42. The SMILES string of the molecule is Cc1cc(C)c(C(c2sc(C(c3c(C)cc(C)cc3C)c3c(C)cc(C)cc3C)c(C)c2C)c2c(C)cc(C)cc2C)c(C)c1. The molecule has 0 unspecified atom stereocenters. The molecular weight excluding hydrogens is 561 g/mol. The van der Waals surface area contributed by atoms with E-state index < -0.39 is 0 Å². The second-order valence-electron chi connectivity index (χ2n) is 14.2. The summed E-state index contributed by atoms with van der Waals surface area (Å²) in [6, 6.07) is 19.0. The molecule has 1 heterocycles. The molecule has 1 heteroatoms. The van der Waals surface area contributed by atoms with Crippen molar-refractivity contribution in [3.05, 3.63) is 158 Å². The van der Waals surface area contributed by atoms with Crippen LogP contribution in [0.15, 0.2) is 48.5 Å².